The van der Waals surface area contributed by atoms with Crippen molar-refractivity contribution in [3.8, 4) is 28.0 Å². The molecule has 0 bridgehead atoms. The summed E-state index contributed by atoms with van der Waals surface area (Å²) < 4.78 is 5.26. The van der Waals surface area contributed by atoms with Crippen molar-refractivity contribution in [3.05, 3.63) is 112 Å². The number of benzene rings is 4. The first-order valence-electron chi connectivity index (χ1n) is 9.52. The molecule has 0 atom stereocenters. The Morgan fingerprint density at radius 1 is 0.655 bits per heavy atom. The number of hydrogen-bond donors (Lipinski definition) is 1. The summed E-state index contributed by atoms with van der Waals surface area (Å²) in [6.45, 7) is 0. The van der Waals surface area contributed by atoms with Crippen LogP contribution in [0.2, 0.25) is 5.02 Å². The van der Waals surface area contributed by atoms with Gasteiger partial charge in [0.2, 0.25) is 0 Å². The minimum Gasteiger partial charge on any atom is -0.537 e. The van der Waals surface area contributed by atoms with Crippen LogP contribution in [-0.4, -0.2) is 12.7 Å². The Labute approximate surface area is 174 Å². The summed E-state index contributed by atoms with van der Waals surface area (Å²) in [6, 6.07) is 29.4. The molecule has 2 aliphatic carbocycles. The molecule has 4 aromatic carbocycles. The summed E-state index contributed by atoms with van der Waals surface area (Å²) in [6.07, 6.45) is 0. The van der Waals surface area contributed by atoms with E-state index in [1.165, 1.54) is 33.4 Å². The van der Waals surface area contributed by atoms with Crippen molar-refractivity contribution in [1.29, 1.82) is 0 Å². The van der Waals surface area contributed by atoms with Gasteiger partial charge in [0.25, 0.3) is 0 Å². The standard InChI is InChI=1S/C25H15BClO2/c27-15-9-11-23-19(13-15)20-14-16(29-26-28)10-12-24(20)25(23)21-7-3-1-5-17(21)18-6-2-4-8-22(18)25/h1-14,28H. The maximum Gasteiger partial charge on any atom is 0.569 e. The van der Waals surface area contributed by atoms with Crippen molar-refractivity contribution in [2.45, 2.75) is 5.41 Å². The van der Waals surface area contributed by atoms with Crippen molar-refractivity contribution in [2.24, 2.45) is 0 Å². The van der Waals surface area contributed by atoms with Crippen molar-refractivity contribution in [1.82, 2.24) is 0 Å². The normalized spacial score (nSPS) is 14.1. The summed E-state index contributed by atoms with van der Waals surface area (Å²) in [7, 11) is 0.714. The molecule has 0 saturated carbocycles. The van der Waals surface area contributed by atoms with E-state index >= 15 is 0 Å². The van der Waals surface area contributed by atoms with Gasteiger partial charge in [-0.15, -0.1) is 0 Å². The van der Waals surface area contributed by atoms with Gasteiger partial charge in [0.1, 0.15) is 5.75 Å². The van der Waals surface area contributed by atoms with Crippen LogP contribution in [0.4, 0.5) is 0 Å². The SMILES string of the molecule is O[B]Oc1ccc2c(c1)-c1cc(Cl)ccc1C21c2ccccc2-c2ccccc21. The molecule has 0 unspecified atom stereocenters. The predicted octanol–water partition coefficient (Wildman–Crippen LogP) is 5.59. The van der Waals surface area contributed by atoms with Crippen LogP contribution in [-0.2, 0) is 5.41 Å². The highest BCUT2D eigenvalue weighted by Gasteiger charge is 2.51. The van der Waals surface area contributed by atoms with Gasteiger partial charge in [-0.3, -0.25) is 0 Å². The summed E-state index contributed by atoms with van der Waals surface area (Å²) in [5.74, 6) is 0.591. The Balaban J connectivity index is 1.79. The topological polar surface area (TPSA) is 29.5 Å². The molecule has 6 rings (SSSR count). The molecule has 0 heterocycles. The Bertz CT molecular complexity index is 1250. The minimum absolute atomic E-state index is 0.385. The molecular weight excluding hydrogens is 379 g/mol. The van der Waals surface area contributed by atoms with Gasteiger partial charge < -0.3 is 9.68 Å². The van der Waals surface area contributed by atoms with Crippen molar-refractivity contribution >= 4 is 19.3 Å². The van der Waals surface area contributed by atoms with Crippen LogP contribution in [0.25, 0.3) is 22.3 Å². The van der Waals surface area contributed by atoms with Gasteiger partial charge in [-0.25, -0.2) is 0 Å². The molecule has 137 valence electrons. The second kappa shape index (κ2) is 5.99. The Morgan fingerprint density at radius 3 is 1.86 bits per heavy atom. The third-order valence-corrected chi connectivity index (χ3v) is 6.45. The van der Waals surface area contributed by atoms with E-state index in [2.05, 4.69) is 60.7 Å². The monoisotopic (exact) mass is 393 g/mol. The number of fused-ring (bicyclic) bond motifs is 10. The molecule has 4 aromatic rings. The summed E-state index contributed by atoms with van der Waals surface area (Å²) >= 11 is 6.41. The van der Waals surface area contributed by atoms with E-state index in [0.717, 1.165) is 11.1 Å². The van der Waals surface area contributed by atoms with Gasteiger partial charge in [-0.2, -0.15) is 0 Å². The molecule has 0 aliphatic heterocycles. The van der Waals surface area contributed by atoms with Gasteiger partial charge in [-0.05, 0) is 68.8 Å². The fourth-order valence-corrected chi connectivity index (χ4v) is 5.41. The Kier molecular flexibility index (Phi) is 3.49. The first kappa shape index (κ1) is 16.9. The van der Waals surface area contributed by atoms with Crippen LogP contribution in [0, 0.1) is 0 Å². The summed E-state index contributed by atoms with van der Waals surface area (Å²) in [5.41, 5.74) is 9.32. The zero-order chi connectivity index (χ0) is 19.6. The molecule has 2 aliphatic rings. The lowest BCUT2D eigenvalue weighted by atomic mass is 9.70. The average molecular weight is 394 g/mol. The highest BCUT2D eigenvalue weighted by atomic mass is 35.5. The second-order valence-corrected chi connectivity index (χ2v) is 7.90. The van der Waals surface area contributed by atoms with Crippen LogP contribution < -0.4 is 4.65 Å². The van der Waals surface area contributed by atoms with Crippen LogP contribution in [0.3, 0.4) is 0 Å². The average Bonchev–Trinajstić information content (AvgIpc) is 3.20. The van der Waals surface area contributed by atoms with Crippen LogP contribution in [0.15, 0.2) is 84.9 Å². The molecule has 1 spiro atoms. The van der Waals surface area contributed by atoms with Crippen molar-refractivity contribution in [3.63, 3.8) is 0 Å². The fraction of sp³-hybridized carbons (Fsp3) is 0.0400. The minimum atomic E-state index is -0.385. The fourth-order valence-electron chi connectivity index (χ4n) is 5.23. The smallest absolute Gasteiger partial charge is 0.537 e. The van der Waals surface area contributed by atoms with E-state index < -0.39 is 0 Å². The van der Waals surface area contributed by atoms with E-state index in [1.807, 2.05) is 24.3 Å². The maximum atomic E-state index is 9.10. The molecular formula is C25H15BClO2. The molecule has 1 N–H and O–H groups in total. The molecule has 0 amide bonds. The largest absolute Gasteiger partial charge is 0.569 e. The Morgan fingerprint density at radius 2 is 1.21 bits per heavy atom. The number of hydrogen-bond acceptors (Lipinski definition) is 2. The highest BCUT2D eigenvalue weighted by Crippen LogP contribution is 2.63. The van der Waals surface area contributed by atoms with Crippen molar-refractivity contribution < 1.29 is 9.68 Å². The molecule has 0 fully saturated rings. The zero-order valence-electron chi connectivity index (χ0n) is 15.4. The molecule has 2 nitrogen and oxygen atoms in total. The van der Waals surface area contributed by atoms with Gasteiger partial charge in [-0.1, -0.05) is 72.3 Å². The molecule has 0 aromatic heterocycles. The van der Waals surface area contributed by atoms with Gasteiger partial charge in [0.05, 0.1) is 5.41 Å². The van der Waals surface area contributed by atoms with E-state index in [-0.39, 0.29) is 5.41 Å². The lowest BCUT2D eigenvalue weighted by Crippen LogP contribution is -2.25. The molecule has 0 saturated heterocycles. The van der Waals surface area contributed by atoms with Crippen molar-refractivity contribution in [2.75, 3.05) is 0 Å². The maximum absolute atomic E-state index is 9.10. The number of halogens is 1. The highest BCUT2D eigenvalue weighted by molar-refractivity contribution is 6.31. The first-order valence-corrected chi connectivity index (χ1v) is 9.90. The zero-order valence-corrected chi connectivity index (χ0v) is 16.1. The third-order valence-electron chi connectivity index (χ3n) is 6.21. The van der Waals surface area contributed by atoms with E-state index in [0.29, 0.717) is 18.5 Å². The predicted molar refractivity (Wildman–Crippen MR) is 116 cm³/mol. The van der Waals surface area contributed by atoms with E-state index in [9.17, 15) is 0 Å². The Hall–Kier alpha value is -3.01. The second-order valence-electron chi connectivity index (χ2n) is 7.46. The van der Waals surface area contributed by atoms with Gasteiger partial charge in [0, 0.05) is 5.02 Å². The lowest BCUT2D eigenvalue weighted by molar-refractivity contribution is 0.454. The summed E-state index contributed by atoms with van der Waals surface area (Å²) in [5, 5.41) is 9.80. The first-order chi connectivity index (χ1) is 14.2. The van der Waals surface area contributed by atoms with Crippen LogP contribution in [0.5, 0.6) is 5.75 Å². The van der Waals surface area contributed by atoms with Crippen LogP contribution in [0.1, 0.15) is 22.3 Å². The lowest BCUT2D eigenvalue weighted by Gasteiger charge is -2.30. The van der Waals surface area contributed by atoms with Crippen LogP contribution >= 0.6 is 11.6 Å². The number of rotatable bonds is 2. The van der Waals surface area contributed by atoms with E-state index in [4.69, 9.17) is 21.3 Å². The third kappa shape index (κ3) is 2.07. The molecule has 4 heteroatoms. The quantitative estimate of drug-likeness (QED) is 0.389. The van der Waals surface area contributed by atoms with Gasteiger partial charge >= 0.3 is 7.69 Å². The van der Waals surface area contributed by atoms with E-state index in [1.54, 1.807) is 0 Å². The molecule has 29 heavy (non-hydrogen) atoms. The summed E-state index contributed by atoms with van der Waals surface area (Å²) in [4.78, 5) is 0. The molecule has 1 radical (unpaired) electrons. The van der Waals surface area contributed by atoms with Gasteiger partial charge in [0.15, 0.2) is 0 Å².